The van der Waals surface area contributed by atoms with E-state index >= 15 is 0 Å². The Kier molecular flexibility index (Phi) is 3.34. The molecule has 0 aliphatic carbocycles. The van der Waals surface area contributed by atoms with Gasteiger partial charge in [0.25, 0.3) is 0 Å². The van der Waals surface area contributed by atoms with Crippen molar-refractivity contribution in [2.24, 2.45) is 0 Å². The van der Waals surface area contributed by atoms with Crippen molar-refractivity contribution >= 4 is 17.5 Å². The number of esters is 1. The normalized spacial score (nSPS) is 18.0. The molecule has 3 heterocycles. The highest BCUT2D eigenvalue weighted by atomic mass is 16.5. The van der Waals surface area contributed by atoms with Crippen molar-refractivity contribution in [3.8, 4) is 0 Å². The van der Waals surface area contributed by atoms with Crippen molar-refractivity contribution in [3.63, 3.8) is 0 Å². The highest BCUT2D eigenvalue weighted by Crippen LogP contribution is 2.26. The molecular weight excluding hydrogens is 274 g/mol. The number of rotatable bonds is 3. The molecule has 1 aliphatic rings. The standard InChI is InChI=1S/C14H15N3O4/c1-21-14(20)10-4-2-3-9-11(13(18)19)16-12(17(9)10)8-5-6-15-7-8/h2-4,8,15H,5-7H2,1H3,(H,18,19). The summed E-state index contributed by atoms with van der Waals surface area (Å²) in [5, 5.41) is 12.5. The molecule has 110 valence electrons. The second-order valence-corrected chi connectivity index (χ2v) is 4.94. The number of carbonyl (C=O) groups is 2. The summed E-state index contributed by atoms with van der Waals surface area (Å²) in [5.41, 5.74) is 0.659. The predicted molar refractivity (Wildman–Crippen MR) is 73.7 cm³/mol. The van der Waals surface area contributed by atoms with Crippen LogP contribution in [0, 0.1) is 0 Å². The van der Waals surface area contributed by atoms with Crippen LogP contribution < -0.4 is 5.32 Å². The highest BCUT2D eigenvalue weighted by Gasteiger charge is 2.27. The second kappa shape index (κ2) is 5.17. The lowest BCUT2D eigenvalue weighted by molar-refractivity contribution is 0.0590. The zero-order chi connectivity index (χ0) is 15.0. The van der Waals surface area contributed by atoms with Gasteiger partial charge < -0.3 is 15.2 Å². The molecule has 0 spiro atoms. The van der Waals surface area contributed by atoms with Gasteiger partial charge in [-0.15, -0.1) is 0 Å². The number of imidazole rings is 1. The number of carboxylic acids is 1. The first-order valence-corrected chi connectivity index (χ1v) is 6.67. The molecule has 1 saturated heterocycles. The van der Waals surface area contributed by atoms with Crippen molar-refractivity contribution in [1.82, 2.24) is 14.7 Å². The van der Waals surface area contributed by atoms with Gasteiger partial charge in [0.15, 0.2) is 5.69 Å². The van der Waals surface area contributed by atoms with Crippen LogP contribution in [-0.2, 0) is 4.74 Å². The molecule has 2 aromatic rings. The van der Waals surface area contributed by atoms with Gasteiger partial charge in [-0.3, -0.25) is 4.40 Å². The number of methoxy groups -OCH3 is 1. The van der Waals surface area contributed by atoms with E-state index in [1.54, 1.807) is 22.6 Å². The molecular formula is C14H15N3O4. The molecule has 0 saturated carbocycles. The number of carboxylic acid groups (broad SMARTS) is 1. The van der Waals surface area contributed by atoms with E-state index in [-0.39, 0.29) is 17.3 Å². The van der Waals surface area contributed by atoms with Crippen molar-refractivity contribution in [2.45, 2.75) is 12.3 Å². The van der Waals surface area contributed by atoms with Gasteiger partial charge in [0.1, 0.15) is 11.5 Å². The summed E-state index contributed by atoms with van der Waals surface area (Å²) in [7, 11) is 1.30. The van der Waals surface area contributed by atoms with E-state index in [0.29, 0.717) is 17.9 Å². The number of hydrogen-bond acceptors (Lipinski definition) is 5. The number of aromatic carboxylic acids is 1. The summed E-state index contributed by atoms with van der Waals surface area (Å²) in [6.45, 7) is 1.57. The van der Waals surface area contributed by atoms with E-state index in [2.05, 4.69) is 10.3 Å². The van der Waals surface area contributed by atoms with Gasteiger partial charge in [-0.1, -0.05) is 6.07 Å². The third-order valence-corrected chi connectivity index (χ3v) is 3.71. The highest BCUT2D eigenvalue weighted by molar-refractivity contribution is 5.96. The van der Waals surface area contributed by atoms with Crippen LogP contribution in [-0.4, -0.2) is 46.6 Å². The van der Waals surface area contributed by atoms with Crippen molar-refractivity contribution in [2.75, 3.05) is 20.2 Å². The molecule has 0 aromatic carbocycles. The average molecular weight is 289 g/mol. The Hall–Kier alpha value is -2.41. The molecule has 1 fully saturated rings. The first kappa shape index (κ1) is 13.6. The Balaban J connectivity index is 2.29. The third-order valence-electron chi connectivity index (χ3n) is 3.71. The molecule has 7 nitrogen and oxygen atoms in total. The number of pyridine rings is 1. The SMILES string of the molecule is COC(=O)c1cccc2c(C(=O)O)nc(C3CCNC3)n12. The summed E-state index contributed by atoms with van der Waals surface area (Å²) in [6.07, 6.45) is 0.855. The Morgan fingerprint density at radius 3 is 2.90 bits per heavy atom. The Bertz CT molecular complexity index is 716. The number of nitrogens with zero attached hydrogens (tertiary/aromatic N) is 2. The summed E-state index contributed by atoms with van der Waals surface area (Å²) in [4.78, 5) is 27.6. The maximum absolute atomic E-state index is 11.9. The number of hydrogen-bond donors (Lipinski definition) is 2. The minimum Gasteiger partial charge on any atom is -0.476 e. The summed E-state index contributed by atoms with van der Waals surface area (Å²) in [6, 6.07) is 4.89. The van der Waals surface area contributed by atoms with Crippen LogP contribution in [0.25, 0.3) is 5.52 Å². The first-order chi connectivity index (χ1) is 10.1. The molecule has 7 heteroatoms. The molecule has 1 unspecified atom stereocenters. The van der Waals surface area contributed by atoms with E-state index < -0.39 is 11.9 Å². The Morgan fingerprint density at radius 2 is 2.29 bits per heavy atom. The van der Waals surface area contributed by atoms with Crippen molar-refractivity contribution in [1.29, 1.82) is 0 Å². The number of fused-ring (bicyclic) bond motifs is 1. The maximum Gasteiger partial charge on any atom is 0.356 e. The van der Waals surface area contributed by atoms with Crippen LogP contribution >= 0.6 is 0 Å². The van der Waals surface area contributed by atoms with Crippen molar-refractivity contribution in [3.05, 3.63) is 35.4 Å². The minimum atomic E-state index is -1.10. The minimum absolute atomic E-state index is 0.0392. The van der Waals surface area contributed by atoms with E-state index in [1.165, 1.54) is 7.11 Å². The third kappa shape index (κ3) is 2.15. The van der Waals surface area contributed by atoms with Gasteiger partial charge in [0, 0.05) is 12.5 Å². The molecule has 21 heavy (non-hydrogen) atoms. The fraction of sp³-hybridized carbons (Fsp3) is 0.357. The zero-order valence-electron chi connectivity index (χ0n) is 11.5. The Morgan fingerprint density at radius 1 is 1.48 bits per heavy atom. The number of ether oxygens (including phenoxy) is 1. The van der Waals surface area contributed by atoms with Gasteiger partial charge in [-0.2, -0.15) is 0 Å². The largest absolute Gasteiger partial charge is 0.476 e. The van der Waals surface area contributed by atoms with Crippen LogP contribution in [0.3, 0.4) is 0 Å². The van der Waals surface area contributed by atoms with Crippen LogP contribution in [0.15, 0.2) is 18.2 Å². The van der Waals surface area contributed by atoms with Gasteiger partial charge in [0.05, 0.1) is 12.6 Å². The van der Waals surface area contributed by atoms with Crippen LogP contribution in [0.2, 0.25) is 0 Å². The molecule has 0 radical (unpaired) electrons. The fourth-order valence-electron chi connectivity index (χ4n) is 2.73. The summed E-state index contributed by atoms with van der Waals surface area (Å²) >= 11 is 0. The predicted octanol–water partition coefficient (Wildman–Crippen LogP) is 0.896. The van der Waals surface area contributed by atoms with E-state index in [1.807, 2.05) is 0 Å². The molecule has 0 amide bonds. The molecule has 1 atom stereocenters. The lowest BCUT2D eigenvalue weighted by atomic mass is 10.1. The molecule has 1 aliphatic heterocycles. The molecule has 2 N–H and O–H groups in total. The van der Waals surface area contributed by atoms with Gasteiger partial charge >= 0.3 is 11.9 Å². The van der Waals surface area contributed by atoms with Crippen LogP contribution in [0.4, 0.5) is 0 Å². The van der Waals surface area contributed by atoms with Crippen LogP contribution in [0.1, 0.15) is 39.1 Å². The van der Waals surface area contributed by atoms with Crippen LogP contribution in [0.5, 0.6) is 0 Å². The van der Waals surface area contributed by atoms with Gasteiger partial charge in [-0.25, -0.2) is 14.6 Å². The number of aromatic nitrogens is 2. The quantitative estimate of drug-likeness (QED) is 0.815. The lowest BCUT2D eigenvalue weighted by Gasteiger charge is -2.10. The topological polar surface area (TPSA) is 92.9 Å². The molecule has 0 bridgehead atoms. The molecule has 3 rings (SSSR count). The Labute approximate surface area is 120 Å². The first-order valence-electron chi connectivity index (χ1n) is 6.67. The monoisotopic (exact) mass is 289 g/mol. The maximum atomic E-state index is 11.9. The van der Waals surface area contributed by atoms with Crippen molar-refractivity contribution < 1.29 is 19.4 Å². The zero-order valence-corrected chi connectivity index (χ0v) is 11.5. The number of nitrogens with one attached hydrogen (secondary N) is 1. The van der Waals surface area contributed by atoms with E-state index in [4.69, 9.17) is 4.74 Å². The second-order valence-electron chi connectivity index (χ2n) is 4.94. The average Bonchev–Trinajstić information content (AvgIpc) is 3.12. The number of carbonyl (C=O) groups excluding carboxylic acids is 1. The lowest BCUT2D eigenvalue weighted by Crippen LogP contribution is -2.14. The van der Waals surface area contributed by atoms with Gasteiger partial charge in [-0.05, 0) is 25.1 Å². The summed E-state index contributed by atoms with van der Waals surface area (Å²) in [5.74, 6) is -0.946. The van der Waals surface area contributed by atoms with E-state index in [9.17, 15) is 14.7 Å². The molecule has 2 aromatic heterocycles. The summed E-state index contributed by atoms with van der Waals surface area (Å²) < 4.78 is 6.39. The smallest absolute Gasteiger partial charge is 0.356 e. The van der Waals surface area contributed by atoms with E-state index in [0.717, 1.165) is 13.0 Å². The fourth-order valence-corrected chi connectivity index (χ4v) is 2.73. The van der Waals surface area contributed by atoms with Gasteiger partial charge in [0.2, 0.25) is 0 Å².